The summed E-state index contributed by atoms with van der Waals surface area (Å²) in [7, 11) is 1.71. The molecule has 2 heteroatoms. The molecule has 0 aliphatic carbocycles. The zero-order chi connectivity index (χ0) is 17.8. The van der Waals surface area contributed by atoms with Crippen LogP contribution in [0.4, 0.5) is 0 Å². The third-order valence-corrected chi connectivity index (χ3v) is 5.71. The predicted octanol–water partition coefficient (Wildman–Crippen LogP) is 6.68. The van der Waals surface area contributed by atoms with Crippen molar-refractivity contribution in [2.45, 2.75) is 6.42 Å². The fourth-order valence-corrected chi connectivity index (χ4v) is 4.33. The number of methoxy groups -OCH3 is 1. The van der Waals surface area contributed by atoms with E-state index in [9.17, 15) is 0 Å². The van der Waals surface area contributed by atoms with Gasteiger partial charge in [-0.3, -0.25) is 0 Å². The molecule has 0 aliphatic heterocycles. The lowest BCUT2D eigenvalue weighted by Gasteiger charge is -2.06. The largest absolute Gasteiger partial charge is 0.497 e. The van der Waals surface area contributed by atoms with Crippen molar-refractivity contribution in [2.24, 2.45) is 0 Å². The van der Waals surface area contributed by atoms with Gasteiger partial charge >= 0.3 is 0 Å². The molecule has 0 aliphatic rings. The molecule has 1 nitrogen and oxygen atoms in total. The third-order valence-electron chi connectivity index (χ3n) is 4.43. The maximum Gasteiger partial charge on any atom is 0.119 e. The maximum absolute atomic E-state index is 5.38. The van der Waals surface area contributed by atoms with Crippen molar-refractivity contribution in [3.63, 3.8) is 0 Å². The van der Waals surface area contributed by atoms with Gasteiger partial charge in [-0.2, -0.15) is 0 Å². The van der Waals surface area contributed by atoms with E-state index in [1.807, 2.05) is 17.4 Å². The molecular weight excluding hydrogens is 336 g/mol. The third kappa shape index (κ3) is 3.56. The SMILES string of the molecule is COc1cccc(Cc2cc(-c3ccccc3)sc2-c2ccccc2)c1. The molecule has 0 spiro atoms. The van der Waals surface area contributed by atoms with Crippen molar-refractivity contribution in [3.8, 4) is 26.6 Å². The van der Waals surface area contributed by atoms with Crippen molar-refractivity contribution < 1.29 is 4.74 Å². The number of benzene rings is 3. The molecule has 26 heavy (non-hydrogen) atoms. The first-order valence-electron chi connectivity index (χ1n) is 8.70. The van der Waals surface area contributed by atoms with E-state index in [1.54, 1.807) is 7.11 Å². The molecule has 0 saturated carbocycles. The minimum absolute atomic E-state index is 0.894. The molecule has 0 saturated heterocycles. The molecule has 0 bridgehead atoms. The summed E-state index contributed by atoms with van der Waals surface area (Å²) in [6, 6.07) is 31.9. The highest BCUT2D eigenvalue weighted by Crippen LogP contribution is 2.39. The monoisotopic (exact) mass is 356 g/mol. The molecule has 128 valence electrons. The number of hydrogen-bond donors (Lipinski definition) is 0. The van der Waals surface area contributed by atoms with Gasteiger partial charge in [-0.15, -0.1) is 11.3 Å². The minimum Gasteiger partial charge on any atom is -0.497 e. The lowest BCUT2D eigenvalue weighted by atomic mass is 10.0. The van der Waals surface area contributed by atoms with Crippen molar-refractivity contribution in [1.29, 1.82) is 0 Å². The van der Waals surface area contributed by atoms with Crippen LogP contribution >= 0.6 is 11.3 Å². The summed E-state index contributed by atoms with van der Waals surface area (Å²) in [5.74, 6) is 0.905. The molecule has 3 aromatic carbocycles. The second kappa shape index (κ2) is 7.59. The fraction of sp³-hybridized carbons (Fsp3) is 0.0833. The van der Waals surface area contributed by atoms with Crippen molar-refractivity contribution in [1.82, 2.24) is 0 Å². The van der Waals surface area contributed by atoms with Crippen LogP contribution in [0.25, 0.3) is 20.9 Å². The quantitative estimate of drug-likeness (QED) is 0.387. The first kappa shape index (κ1) is 16.6. The van der Waals surface area contributed by atoms with E-state index in [0.717, 1.165) is 12.2 Å². The highest BCUT2D eigenvalue weighted by atomic mass is 32.1. The van der Waals surface area contributed by atoms with Gasteiger partial charge in [-0.25, -0.2) is 0 Å². The Hall–Kier alpha value is -2.84. The van der Waals surface area contributed by atoms with Crippen LogP contribution in [0, 0.1) is 0 Å². The Labute approximate surface area is 158 Å². The fourth-order valence-electron chi connectivity index (χ4n) is 3.14. The van der Waals surface area contributed by atoms with Gasteiger partial charge in [0.25, 0.3) is 0 Å². The average molecular weight is 356 g/mol. The van der Waals surface area contributed by atoms with Crippen molar-refractivity contribution in [2.75, 3.05) is 7.11 Å². The molecule has 0 amide bonds. The Kier molecular flexibility index (Phi) is 4.85. The maximum atomic E-state index is 5.38. The normalized spacial score (nSPS) is 10.7. The van der Waals surface area contributed by atoms with Crippen molar-refractivity contribution in [3.05, 3.63) is 102 Å². The Morgan fingerprint density at radius 3 is 2.12 bits per heavy atom. The highest BCUT2D eigenvalue weighted by molar-refractivity contribution is 7.19. The van der Waals surface area contributed by atoms with Crippen LogP contribution in [-0.4, -0.2) is 7.11 Å². The molecule has 0 fully saturated rings. The van der Waals surface area contributed by atoms with Crippen LogP contribution in [0.15, 0.2) is 91.0 Å². The van der Waals surface area contributed by atoms with Gasteiger partial charge in [0.05, 0.1) is 7.11 Å². The average Bonchev–Trinajstić information content (AvgIpc) is 3.13. The van der Waals surface area contributed by atoms with E-state index in [0.29, 0.717) is 0 Å². The lowest BCUT2D eigenvalue weighted by Crippen LogP contribution is -1.90. The van der Waals surface area contributed by atoms with Crippen LogP contribution in [-0.2, 0) is 6.42 Å². The van der Waals surface area contributed by atoms with Gasteiger partial charge in [0.1, 0.15) is 5.75 Å². The molecule has 0 atom stereocenters. The molecular formula is C24H20OS. The van der Waals surface area contributed by atoms with Gasteiger partial charge in [0, 0.05) is 9.75 Å². The molecule has 0 radical (unpaired) electrons. The van der Waals surface area contributed by atoms with E-state index in [-0.39, 0.29) is 0 Å². The van der Waals surface area contributed by atoms with Crippen LogP contribution in [0.5, 0.6) is 5.75 Å². The summed E-state index contributed by atoms with van der Waals surface area (Å²) >= 11 is 1.86. The van der Waals surface area contributed by atoms with E-state index in [4.69, 9.17) is 4.74 Å². The zero-order valence-corrected chi connectivity index (χ0v) is 15.5. The van der Waals surface area contributed by atoms with Gasteiger partial charge in [0.15, 0.2) is 0 Å². The topological polar surface area (TPSA) is 9.23 Å². The number of hydrogen-bond acceptors (Lipinski definition) is 2. The second-order valence-corrected chi connectivity index (χ2v) is 7.28. The van der Waals surface area contributed by atoms with E-state index in [2.05, 4.69) is 84.9 Å². The first-order valence-corrected chi connectivity index (χ1v) is 9.51. The van der Waals surface area contributed by atoms with Gasteiger partial charge in [-0.05, 0) is 46.9 Å². The Morgan fingerprint density at radius 2 is 1.42 bits per heavy atom. The predicted molar refractivity (Wildman–Crippen MR) is 111 cm³/mol. The summed E-state index contributed by atoms with van der Waals surface area (Å²) < 4.78 is 5.38. The van der Waals surface area contributed by atoms with E-state index in [1.165, 1.54) is 32.0 Å². The Morgan fingerprint density at radius 1 is 0.731 bits per heavy atom. The standard InChI is InChI=1S/C24H20OS/c1-25-22-14-8-9-18(16-22)15-21-17-23(19-10-4-2-5-11-19)26-24(21)20-12-6-3-7-13-20/h2-14,16-17H,15H2,1H3. The second-order valence-electron chi connectivity index (χ2n) is 6.23. The number of thiophene rings is 1. The highest BCUT2D eigenvalue weighted by Gasteiger charge is 2.13. The summed E-state index contributed by atoms with van der Waals surface area (Å²) in [6.07, 6.45) is 0.894. The molecule has 4 rings (SSSR count). The number of rotatable bonds is 5. The van der Waals surface area contributed by atoms with Crippen LogP contribution in [0.3, 0.4) is 0 Å². The van der Waals surface area contributed by atoms with Gasteiger partial charge in [0.2, 0.25) is 0 Å². The minimum atomic E-state index is 0.894. The van der Waals surface area contributed by atoms with Gasteiger partial charge in [-0.1, -0.05) is 72.8 Å². The Balaban J connectivity index is 1.77. The molecule has 1 heterocycles. The zero-order valence-electron chi connectivity index (χ0n) is 14.7. The summed E-state index contributed by atoms with van der Waals surface area (Å²) in [5.41, 5.74) is 5.16. The Bertz CT molecular complexity index is 987. The summed E-state index contributed by atoms with van der Waals surface area (Å²) in [5, 5.41) is 0. The lowest BCUT2D eigenvalue weighted by molar-refractivity contribution is 0.414. The van der Waals surface area contributed by atoms with Crippen LogP contribution in [0.2, 0.25) is 0 Å². The van der Waals surface area contributed by atoms with Crippen molar-refractivity contribution >= 4 is 11.3 Å². The van der Waals surface area contributed by atoms with Crippen LogP contribution in [0.1, 0.15) is 11.1 Å². The molecule has 0 unspecified atom stereocenters. The van der Waals surface area contributed by atoms with Gasteiger partial charge < -0.3 is 4.74 Å². The number of ether oxygens (including phenoxy) is 1. The van der Waals surface area contributed by atoms with Crippen LogP contribution < -0.4 is 4.74 Å². The van der Waals surface area contributed by atoms with E-state index >= 15 is 0 Å². The smallest absolute Gasteiger partial charge is 0.119 e. The molecule has 0 N–H and O–H groups in total. The molecule has 4 aromatic rings. The summed E-state index contributed by atoms with van der Waals surface area (Å²) in [4.78, 5) is 2.65. The molecule has 1 aromatic heterocycles. The first-order chi connectivity index (χ1) is 12.8. The summed E-state index contributed by atoms with van der Waals surface area (Å²) in [6.45, 7) is 0. The van der Waals surface area contributed by atoms with E-state index < -0.39 is 0 Å².